The molecule has 3 saturated heterocycles. The van der Waals surface area contributed by atoms with E-state index in [0.717, 1.165) is 28.8 Å². The largest absolute Gasteiger partial charge is 0.458 e. The van der Waals surface area contributed by atoms with Crippen molar-refractivity contribution in [2.45, 2.75) is 148 Å². The summed E-state index contributed by atoms with van der Waals surface area (Å²) in [6.45, 7) is 14.9. The molecule has 14 nitrogen and oxygen atoms in total. The Bertz CT molecular complexity index is 1990. The van der Waals surface area contributed by atoms with Gasteiger partial charge in [-0.15, -0.1) is 5.10 Å². The van der Waals surface area contributed by atoms with Gasteiger partial charge in [0.15, 0.2) is 11.9 Å². The normalized spacial score (nSPS) is 34.0. The molecule has 1 aromatic carbocycles. The van der Waals surface area contributed by atoms with E-state index in [0.29, 0.717) is 38.6 Å². The summed E-state index contributed by atoms with van der Waals surface area (Å²) in [6, 6.07) is 10.9. The standard InChI is InChI=1S/C48H69FN6O8/c1-11-40-48(8)45(54(10)47(59)63-48)32(6)42(56)28(2)21-29(3)44(31(5)43(57)33(7)46(58)61-40)62-41-24-38(22-30(4)60-41)53(9)20-18-37-27-55(52-51-37)39(25-49)23-34-14-16-35(17-15-34)36-13-12-19-50-26-36/h12-17,19,26-33,38-41,43-45,57H,11,18,20-25H2,1-10H3/t28-,29+,30-,31+,32+,33-,38+,39+,40-,41+,43+,44+,45-,48-/m1/s1. The lowest BCUT2D eigenvalue weighted by Crippen LogP contribution is -2.57. The fourth-order valence-electron chi connectivity index (χ4n) is 10.4. The van der Waals surface area contributed by atoms with Crippen molar-refractivity contribution in [2.24, 2.45) is 29.6 Å². The molecule has 0 unspecified atom stereocenters. The minimum atomic E-state index is -1.27. The number of aromatic nitrogens is 4. The van der Waals surface area contributed by atoms with Crippen LogP contribution in [-0.4, -0.2) is 128 Å². The number of alkyl halides is 1. The third-order valence-electron chi connectivity index (χ3n) is 14.1. The number of halogens is 1. The molecule has 0 aliphatic carbocycles. The van der Waals surface area contributed by atoms with Crippen LogP contribution in [0, 0.1) is 29.6 Å². The molecule has 0 spiro atoms. The molecule has 346 valence electrons. The maximum absolute atomic E-state index is 14.4. The number of aliphatic hydroxyl groups is 1. The van der Waals surface area contributed by atoms with E-state index in [1.807, 2.05) is 90.3 Å². The van der Waals surface area contributed by atoms with Gasteiger partial charge in [0.25, 0.3) is 0 Å². The van der Waals surface area contributed by atoms with E-state index in [1.54, 1.807) is 31.8 Å². The number of amides is 1. The number of hydrogen-bond donors (Lipinski definition) is 1. The van der Waals surface area contributed by atoms with Crippen LogP contribution in [0.2, 0.25) is 0 Å². The molecule has 15 heteroatoms. The predicted molar refractivity (Wildman–Crippen MR) is 235 cm³/mol. The summed E-state index contributed by atoms with van der Waals surface area (Å²) in [4.78, 5) is 48.9. The minimum absolute atomic E-state index is 0.0294. The zero-order valence-corrected chi connectivity index (χ0v) is 38.7. The lowest BCUT2D eigenvalue weighted by molar-refractivity contribution is -0.244. The van der Waals surface area contributed by atoms with E-state index in [-0.39, 0.29) is 23.8 Å². The average molecular weight is 877 g/mol. The molecular formula is C48H69FN6O8. The highest BCUT2D eigenvalue weighted by atomic mass is 19.1. The second-order valence-corrected chi connectivity index (χ2v) is 18.9. The fourth-order valence-corrected chi connectivity index (χ4v) is 10.4. The number of rotatable bonds is 12. The highest BCUT2D eigenvalue weighted by Gasteiger charge is 2.59. The summed E-state index contributed by atoms with van der Waals surface area (Å²) in [5, 5.41) is 20.5. The number of carbonyl (C=O) groups excluding carboxylic acids is 3. The van der Waals surface area contributed by atoms with Crippen molar-refractivity contribution in [3.05, 3.63) is 66.2 Å². The number of ether oxygens (including phenoxy) is 4. The Labute approximate surface area is 372 Å². The van der Waals surface area contributed by atoms with Crippen LogP contribution in [0.3, 0.4) is 0 Å². The van der Waals surface area contributed by atoms with Crippen LogP contribution < -0.4 is 0 Å². The van der Waals surface area contributed by atoms with Gasteiger partial charge in [-0.2, -0.15) is 0 Å². The Morgan fingerprint density at radius 3 is 2.41 bits per heavy atom. The molecule has 1 amide bonds. The summed E-state index contributed by atoms with van der Waals surface area (Å²) in [5.74, 6) is -3.34. The summed E-state index contributed by atoms with van der Waals surface area (Å²) >= 11 is 0. The van der Waals surface area contributed by atoms with Gasteiger partial charge in [0.2, 0.25) is 0 Å². The van der Waals surface area contributed by atoms with Crippen molar-refractivity contribution in [2.75, 3.05) is 27.3 Å². The summed E-state index contributed by atoms with van der Waals surface area (Å²) in [5.41, 5.74) is 2.59. The number of benzene rings is 1. The molecule has 3 aromatic rings. The van der Waals surface area contributed by atoms with Gasteiger partial charge in [-0.05, 0) is 82.2 Å². The van der Waals surface area contributed by atoms with E-state index in [2.05, 4.69) is 27.2 Å². The summed E-state index contributed by atoms with van der Waals surface area (Å²) in [7, 11) is 3.68. The topological polar surface area (TPSA) is 158 Å². The van der Waals surface area contributed by atoms with Crippen molar-refractivity contribution in [1.82, 2.24) is 29.8 Å². The molecule has 3 aliphatic heterocycles. The number of aliphatic hydroxyl groups excluding tert-OH is 1. The molecule has 3 aliphatic rings. The van der Waals surface area contributed by atoms with E-state index in [4.69, 9.17) is 18.9 Å². The third-order valence-corrected chi connectivity index (χ3v) is 14.1. The second-order valence-electron chi connectivity index (χ2n) is 18.9. The number of likely N-dealkylation sites (N-methyl/N-ethyl adjacent to an activating group) is 2. The Morgan fingerprint density at radius 1 is 1.02 bits per heavy atom. The molecule has 0 bridgehead atoms. The van der Waals surface area contributed by atoms with E-state index < -0.39 is 84.7 Å². The Morgan fingerprint density at radius 2 is 1.75 bits per heavy atom. The molecular weight excluding hydrogens is 808 g/mol. The number of ketones is 1. The van der Waals surface area contributed by atoms with Crippen molar-refractivity contribution in [3.63, 3.8) is 0 Å². The zero-order chi connectivity index (χ0) is 45.7. The van der Waals surface area contributed by atoms with Gasteiger partial charge in [0.05, 0.1) is 42.0 Å². The number of esters is 1. The number of Topliss-reactive ketones (excluding diaryl/α,β-unsaturated/α-hetero) is 1. The molecule has 0 radical (unpaired) electrons. The molecule has 5 heterocycles. The van der Waals surface area contributed by atoms with Crippen LogP contribution in [-0.2, 0) is 41.4 Å². The van der Waals surface area contributed by atoms with Crippen molar-refractivity contribution >= 4 is 17.8 Å². The highest BCUT2D eigenvalue weighted by molar-refractivity contribution is 5.85. The van der Waals surface area contributed by atoms with E-state index in [9.17, 15) is 23.9 Å². The minimum Gasteiger partial charge on any atom is -0.458 e. The quantitative estimate of drug-likeness (QED) is 0.188. The zero-order valence-electron chi connectivity index (χ0n) is 38.7. The number of pyridine rings is 1. The molecule has 63 heavy (non-hydrogen) atoms. The van der Waals surface area contributed by atoms with Crippen LogP contribution in [0.15, 0.2) is 55.0 Å². The van der Waals surface area contributed by atoms with Crippen LogP contribution >= 0.6 is 0 Å². The fraction of sp³-hybridized carbons (Fsp3) is 0.667. The summed E-state index contributed by atoms with van der Waals surface area (Å²) < 4.78 is 41.3. The van der Waals surface area contributed by atoms with Gasteiger partial charge >= 0.3 is 12.1 Å². The Balaban J connectivity index is 1.11. The maximum Gasteiger partial charge on any atom is 0.410 e. The molecule has 14 atom stereocenters. The monoisotopic (exact) mass is 877 g/mol. The number of nitrogens with zero attached hydrogens (tertiary/aromatic N) is 6. The summed E-state index contributed by atoms with van der Waals surface area (Å²) in [6.07, 6.45) is 4.76. The Kier molecular flexibility index (Phi) is 15.8. The SMILES string of the molecule is CC[C@H]1OC(=O)[C@H](C)[C@@H](O)[C@H](C)[C@@H](O[C@H]2C[C@@H](N(C)CCc3cn([C@H](CF)Cc4ccc(-c5cccnc5)cc4)nn3)C[C@@H](C)O2)[C@@H](C)C[C@@H](C)C(=O)[C@H](C)[C@H]2N(C)C(=O)O[C@]12C. The van der Waals surface area contributed by atoms with Gasteiger partial charge in [0, 0.05) is 68.8 Å². The van der Waals surface area contributed by atoms with Gasteiger partial charge < -0.3 is 33.9 Å². The number of carbonyl (C=O) groups is 3. The first kappa shape index (κ1) is 48.2. The number of fused-ring (bicyclic) bond motifs is 1. The predicted octanol–water partition coefficient (Wildman–Crippen LogP) is 6.89. The maximum atomic E-state index is 14.4. The lowest BCUT2D eigenvalue weighted by atomic mass is 9.74. The van der Waals surface area contributed by atoms with Crippen LogP contribution in [0.1, 0.15) is 98.4 Å². The van der Waals surface area contributed by atoms with Gasteiger partial charge in [0.1, 0.15) is 18.6 Å². The van der Waals surface area contributed by atoms with Crippen molar-refractivity contribution < 1.29 is 42.8 Å². The van der Waals surface area contributed by atoms with Gasteiger partial charge in [-0.1, -0.05) is 70.2 Å². The van der Waals surface area contributed by atoms with Gasteiger partial charge in [-0.3, -0.25) is 14.6 Å². The molecule has 0 saturated carbocycles. The first-order valence-electron chi connectivity index (χ1n) is 22.8. The van der Waals surface area contributed by atoms with Crippen LogP contribution in [0.4, 0.5) is 9.18 Å². The molecule has 3 fully saturated rings. The van der Waals surface area contributed by atoms with E-state index >= 15 is 0 Å². The lowest BCUT2D eigenvalue weighted by Gasteiger charge is -2.43. The van der Waals surface area contributed by atoms with Gasteiger partial charge in [-0.25, -0.2) is 13.9 Å². The Hall–Kier alpha value is -4.31. The van der Waals surface area contributed by atoms with Crippen molar-refractivity contribution in [3.8, 4) is 11.1 Å². The molecule has 6 rings (SSSR count). The molecule has 1 N–H and O–H groups in total. The molecule has 2 aromatic heterocycles. The second kappa shape index (κ2) is 20.7. The third kappa shape index (κ3) is 10.8. The number of hydrogen-bond acceptors (Lipinski definition) is 12. The highest BCUT2D eigenvalue weighted by Crippen LogP contribution is 2.41. The van der Waals surface area contributed by atoms with Crippen LogP contribution in [0.25, 0.3) is 11.1 Å². The average Bonchev–Trinajstić information content (AvgIpc) is 3.84. The number of cyclic esters (lactones) is 1. The smallest absolute Gasteiger partial charge is 0.410 e. The first-order valence-corrected chi connectivity index (χ1v) is 22.8. The van der Waals surface area contributed by atoms with Crippen molar-refractivity contribution in [1.29, 1.82) is 0 Å². The van der Waals surface area contributed by atoms with Crippen LogP contribution in [0.5, 0.6) is 0 Å². The van der Waals surface area contributed by atoms with E-state index in [1.165, 1.54) is 4.90 Å². The first-order chi connectivity index (χ1) is 29.9.